The van der Waals surface area contributed by atoms with Gasteiger partial charge in [-0.3, -0.25) is 0 Å². The van der Waals surface area contributed by atoms with Gasteiger partial charge in [-0.15, -0.1) is 0 Å². The van der Waals surface area contributed by atoms with Gasteiger partial charge in [-0.1, -0.05) is 6.07 Å². The Balaban J connectivity index is 2.99. The van der Waals surface area contributed by atoms with Crippen molar-refractivity contribution in [3.8, 4) is 0 Å². The van der Waals surface area contributed by atoms with Crippen molar-refractivity contribution in [2.75, 3.05) is 11.1 Å². The summed E-state index contributed by atoms with van der Waals surface area (Å²) in [4.78, 5) is 3.33. The predicted molar refractivity (Wildman–Crippen MR) is 55.9 cm³/mol. The molecule has 0 aliphatic carbocycles. The Morgan fingerprint density at radius 2 is 2.15 bits per heavy atom. The van der Waals surface area contributed by atoms with E-state index in [-0.39, 0.29) is 0 Å². The van der Waals surface area contributed by atoms with Crippen molar-refractivity contribution in [3.63, 3.8) is 0 Å². The van der Waals surface area contributed by atoms with Crippen LogP contribution in [0.25, 0.3) is 4.85 Å². The molecule has 0 spiro atoms. The molecule has 0 atom stereocenters. The SMILES string of the molecule is [C-]#[N+]c1ccc(N)c(NC(C)C)c1. The molecule has 0 saturated carbocycles. The maximum absolute atomic E-state index is 6.85. The lowest BCUT2D eigenvalue weighted by molar-refractivity contribution is 0.900. The highest BCUT2D eigenvalue weighted by atomic mass is 14.9. The van der Waals surface area contributed by atoms with Gasteiger partial charge in [0.1, 0.15) is 0 Å². The van der Waals surface area contributed by atoms with Crippen molar-refractivity contribution >= 4 is 17.1 Å². The largest absolute Gasteiger partial charge is 0.397 e. The quantitative estimate of drug-likeness (QED) is 0.536. The molecule has 3 heteroatoms. The van der Waals surface area contributed by atoms with Gasteiger partial charge in [0.05, 0.1) is 12.3 Å². The molecule has 1 rings (SSSR count). The third kappa shape index (κ3) is 2.38. The molecule has 0 saturated heterocycles. The van der Waals surface area contributed by atoms with Gasteiger partial charge in [-0.2, -0.15) is 0 Å². The van der Waals surface area contributed by atoms with Gasteiger partial charge in [0.15, 0.2) is 5.69 Å². The van der Waals surface area contributed by atoms with Gasteiger partial charge in [-0.05, 0) is 26.0 Å². The van der Waals surface area contributed by atoms with E-state index in [1.165, 1.54) is 0 Å². The molecule has 0 heterocycles. The zero-order valence-electron chi connectivity index (χ0n) is 7.83. The van der Waals surface area contributed by atoms with E-state index in [9.17, 15) is 0 Å². The molecule has 3 N–H and O–H groups in total. The maximum atomic E-state index is 6.85. The van der Waals surface area contributed by atoms with Crippen LogP contribution in [0.2, 0.25) is 0 Å². The Bertz CT molecular complexity index is 337. The predicted octanol–water partition coefficient (Wildman–Crippen LogP) is 2.64. The lowest BCUT2D eigenvalue weighted by Gasteiger charge is -2.12. The van der Waals surface area contributed by atoms with Crippen molar-refractivity contribution in [2.45, 2.75) is 19.9 Å². The van der Waals surface area contributed by atoms with Gasteiger partial charge >= 0.3 is 0 Å². The second kappa shape index (κ2) is 3.81. The van der Waals surface area contributed by atoms with Crippen LogP contribution >= 0.6 is 0 Å². The van der Waals surface area contributed by atoms with Gasteiger partial charge in [0.2, 0.25) is 0 Å². The number of anilines is 2. The molecule has 0 aliphatic heterocycles. The lowest BCUT2D eigenvalue weighted by atomic mass is 10.2. The molecule has 0 unspecified atom stereocenters. The molecule has 0 aliphatic rings. The number of hydrogen-bond acceptors (Lipinski definition) is 2. The van der Waals surface area contributed by atoms with Gasteiger partial charge in [-0.25, -0.2) is 4.85 Å². The van der Waals surface area contributed by atoms with Gasteiger partial charge < -0.3 is 11.1 Å². The van der Waals surface area contributed by atoms with Gasteiger partial charge in [0, 0.05) is 11.7 Å². The Labute approximate surface area is 78.4 Å². The highest BCUT2D eigenvalue weighted by Gasteiger charge is 2.01. The first-order chi connectivity index (χ1) is 6.13. The monoisotopic (exact) mass is 175 g/mol. The van der Waals surface area contributed by atoms with Crippen LogP contribution in [0.5, 0.6) is 0 Å². The Kier molecular flexibility index (Phi) is 2.76. The summed E-state index contributed by atoms with van der Waals surface area (Å²) >= 11 is 0. The van der Waals surface area contributed by atoms with Crippen molar-refractivity contribution in [3.05, 3.63) is 29.6 Å². The Hall–Kier alpha value is -1.69. The fourth-order valence-electron chi connectivity index (χ4n) is 1.05. The molecular formula is C10H13N3. The first-order valence-corrected chi connectivity index (χ1v) is 4.17. The summed E-state index contributed by atoms with van der Waals surface area (Å²) in [6, 6.07) is 5.55. The van der Waals surface area contributed by atoms with E-state index in [2.05, 4.69) is 10.2 Å². The second-order valence-electron chi connectivity index (χ2n) is 3.18. The van der Waals surface area contributed by atoms with Crippen LogP contribution in [0, 0.1) is 6.57 Å². The summed E-state index contributed by atoms with van der Waals surface area (Å²) in [5.74, 6) is 0. The normalized spacial score (nSPS) is 9.69. The number of nitrogens with two attached hydrogens (primary N) is 1. The molecule has 0 aromatic heterocycles. The molecule has 68 valence electrons. The topological polar surface area (TPSA) is 42.4 Å². The van der Waals surface area contributed by atoms with E-state index in [0.29, 0.717) is 17.4 Å². The number of rotatable bonds is 2. The minimum Gasteiger partial charge on any atom is -0.397 e. The van der Waals surface area contributed by atoms with Crippen molar-refractivity contribution < 1.29 is 0 Å². The molecule has 0 radical (unpaired) electrons. The number of nitrogens with one attached hydrogen (secondary N) is 1. The zero-order chi connectivity index (χ0) is 9.84. The zero-order valence-corrected chi connectivity index (χ0v) is 7.83. The minimum absolute atomic E-state index is 0.322. The third-order valence-corrected chi connectivity index (χ3v) is 1.61. The maximum Gasteiger partial charge on any atom is 0.189 e. The van der Waals surface area contributed by atoms with Crippen LogP contribution < -0.4 is 11.1 Å². The Morgan fingerprint density at radius 1 is 1.46 bits per heavy atom. The van der Waals surface area contributed by atoms with Crippen LogP contribution in [0.1, 0.15) is 13.8 Å². The average Bonchev–Trinajstić information content (AvgIpc) is 2.08. The van der Waals surface area contributed by atoms with E-state index in [4.69, 9.17) is 12.3 Å². The highest BCUT2D eigenvalue weighted by Crippen LogP contribution is 2.25. The van der Waals surface area contributed by atoms with Crippen LogP contribution in [-0.2, 0) is 0 Å². The molecule has 0 amide bonds. The smallest absolute Gasteiger partial charge is 0.189 e. The Morgan fingerprint density at radius 3 is 2.69 bits per heavy atom. The summed E-state index contributed by atoms with van der Waals surface area (Å²) < 4.78 is 0. The summed E-state index contributed by atoms with van der Waals surface area (Å²) in [6.45, 7) is 10.9. The molecule has 13 heavy (non-hydrogen) atoms. The molecular weight excluding hydrogens is 162 g/mol. The second-order valence-corrected chi connectivity index (χ2v) is 3.18. The van der Waals surface area contributed by atoms with E-state index in [1.54, 1.807) is 18.2 Å². The molecule has 1 aromatic rings. The molecule has 1 aromatic carbocycles. The van der Waals surface area contributed by atoms with Crippen LogP contribution in [0.4, 0.5) is 17.1 Å². The van der Waals surface area contributed by atoms with Crippen LogP contribution in [0.3, 0.4) is 0 Å². The highest BCUT2D eigenvalue weighted by molar-refractivity contribution is 5.72. The van der Waals surface area contributed by atoms with Crippen molar-refractivity contribution in [1.29, 1.82) is 0 Å². The number of hydrogen-bond donors (Lipinski definition) is 2. The standard InChI is InChI=1S/C10H13N3/c1-7(2)13-10-6-8(12-3)4-5-9(10)11/h4-7,13H,11H2,1-2H3. The summed E-state index contributed by atoms with van der Waals surface area (Å²) in [5, 5.41) is 3.18. The van der Waals surface area contributed by atoms with E-state index < -0.39 is 0 Å². The number of nitrogens with zero attached hydrogens (tertiary/aromatic N) is 1. The van der Waals surface area contributed by atoms with E-state index >= 15 is 0 Å². The minimum atomic E-state index is 0.322. The van der Waals surface area contributed by atoms with E-state index in [0.717, 1.165) is 5.69 Å². The fourth-order valence-corrected chi connectivity index (χ4v) is 1.05. The molecule has 0 bridgehead atoms. The van der Waals surface area contributed by atoms with Crippen molar-refractivity contribution in [1.82, 2.24) is 0 Å². The first kappa shape index (κ1) is 9.40. The first-order valence-electron chi connectivity index (χ1n) is 4.17. The average molecular weight is 175 g/mol. The van der Waals surface area contributed by atoms with Crippen LogP contribution in [0.15, 0.2) is 18.2 Å². The van der Waals surface area contributed by atoms with E-state index in [1.807, 2.05) is 13.8 Å². The molecule has 0 fully saturated rings. The molecule has 3 nitrogen and oxygen atoms in total. The van der Waals surface area contributed by atoms with Crippen LogP contribution in [-0.4, -0.2) is 6.04 Å². The van der Waals surface area contributed by atoms with Crippen molar-refractivity contribution in [2.24, 2.45) is 0 Å². The summed E-state index contributed by atoms with van der Waals surface area (Å²) in [5.41, 5.74) is 7.85. The van der Waals surface area contributed by atoms with Gasteiger partial charge in [0.25, 0.3) is 0 Å². The number of nitrogen functional groups attached to an aromatic ring is 1. The summed E-state index contributed by atoms with van der Waals surface area (Å²) in [7, 11) is 0. The summed E-state index contributed by atoms with van der Waals surface area (Å²) in [6.07, 6.45) is 0. The fraction of sp³-hybridized carbons (Fsp3) is 0.300. The third-order valence-electron chi connectivity index (χ3n) is 1.61. The number of benzene rings is 1. The lowest BCUT2D eigenvalue weighted by Crippen LogP contribution is -2.11.